The molecule has 28 heavy (non-hydrogen) atoms. The third-order valence-corrected chi connectivity index (χ3v) is 4.72. The zero-order chi connectivity index (χ0) is 19.8. The molecule has 2 aromatic carbocycles. The van der Waals surface area contributed by atoms with E-state index >= 15 is 0 Å². The van der Waals surface area contributed by atoms with Gasteiger partial charge in [-0.3, -0.25) is 9.78 Å². The lowest BCUT2D eigenvalue weighted by molar-refractivity contribution is -0.137. The van der Waals surface area contributed by atoms with Crippen LogP contribution in [-0.2, 0) is 17.8 Å². The van der Waals surface area contributed by atoms with Gasteiger partial charge in [0.1, 0.15) is 0 Å². The van der Waals surface area contributed by atoms with Gasteiger partial charge >= 0.3 is 5.97 Å². The Morgan fingerprint density at radius 2 is 1.71 bits per heavy atom. The topological polar surface area (TPSA) is 62.2 Å². The van der Waals surface area contributed by atoms with Gasteiger partial charge < -0.3 is 10.4 Å². The molecule has 0 spiro atoms. The van der Waals surface area contributed by atoms with Crippen LogP contribution < -0.4 is 5.32 Å². The minimum absolute atomic E-state index is 0.183. The number of aryl methyl sites for hydroxylation is 1. The van der Waals surface area contributed by atoms with E-state index in [-0.39, 0.29) is 6.42 Å². The Kier molecular flexibility index (Phi) is 6.93. The quantitative estimate of drug-likeness (QED) is 0.521. The monoisotopic (exact) mass is 374 g/mol. The van der Waals surface area contributed by atoms with E-state index in [0.29, 0.717) is 19.5 Å². The second-order valence-corrected chi connectivity index (χ2v) is 6.79. The summed E-state index contributed by atoms with van der Waals surface area (Å²) in [6, 6.07) is 23.0. The summed E-state index contributed by atoms with van der Waals surface area (Å²) in [4.78, 5) is 15.5. The van der Waals surface area contributed by atoms with Crippen LogP contribution in [0.4, 0.5) is 0 Å². The van der Waals surface area contributed by atoms with Crippen molar-refractivity contribution < 1.29 is 9.90 Å². The van der Waals surface area contributed by atoms with Gasteiger partial charge in [0.05, 0.1) is 11.4 Å². The summed E-state index contributed by atoms with van der Waals surface area (Å²) < 4.78 is 0. The molecule has 4 nitrogen and oxygen atoms in total. The Balaban J connectivity index is 1.84. The van der Waals surface area contributed by atoms with Crippen molar-refractivity contribution in [3.63, 3.8) is 0 Å². The summed E-state index contributed by atoms with van der Waals surface area (Å²) in [6.45, 7) is 3.44. The van der Waals surface area contributed by atoms with Crippen molar-refractivity contribution in [1.29, 1.82) is 0 Å². The highest BCUT2D eigenvalue weighted by Gasteiger charge is 2.10. The number of aliphatic carboxylic acids is 1. The molecule has 2 N–H and O–H groups in total. The molecule has 0 unspecified atom stereocenters. The maximum absolute atomic E-state index is 10.6. The van der Waals surface area contributed by atoms with Crippen LogP contribution in [0.15, 0.2) is 66.7 Å². The normalized spacial score (nSPS) is 10.8. The highest BCUT2D eigenvalue weighted by atomic mass is 16.4. The van der Waals surface area contributed by atoms with Gasteiger partial charge in [0.2, 0.25) is 0 Å². The Hall–Kier alpha value is -2.98. The molecule has 1 heterocycles. The smallest absolute Gasteiger partial charge is 0.303 e. The van der Waals surface area contributed by atoms with Crippen LogP contribution in [0.25, 0.3) is 22.4 Å². The molecule has 0 saturated heterocycles. The molecule has 0 aliphatic carbocycles. The van der Waals surface area contributed by atoms with Crippen LogP contribution >= 0.6 is 0 Å². The van der Waals surface area contributed by atoms with E-state index in [4.69, 9.17) is 10.1 Å². The molecule has 0 aliphatic rings. The standard InChI is InChI=1S/C24H26N2O2/c1-2-18-10-12-19(13-11-18)22-15-14-21(17-25-16-6-9-23(27)28)26-24(22)20-7-4-3-5-8-20/h3-5,7-8,10-15,25H,2,6,9,16-17H2,1H3,(H,27,28). The highest BCUT2D eigenvalue weighted by molar-refractivity contribution is 5.80. The second kappa shape index (κ2) is 9.81. The lowest BCUT2D eigenvalue weighted by atomic mass is 9.97. The Bertz CT molecular complexity index is 906. The van der Waals surface area contributed by atoms with Crippen LogP contribution in [0.2, 0.25) is 0 Å². The van der Waals surface area contributed by atoms with Gasteiger partial charge in [0.25, 0.3) is 0 Å². The molecule has 0 atom stereocenters. The Morgan fingerprint density at radius 1 is 0.964 bits per heavy atom. The molecular weight excluding hydrogens is 348 g/mol. The number of aromatic nitrogens is 1. The van der Waals surface area contributed by atoms with Crippen LogP contribution in [0.5, 0.6) is 0 Å². The maximum Gasteiger partial charge on any atom is 0.303 e. The molecule has 0 amide bonds. The van der Waals surface area contributed by atoms with Crippen molar-refractivity contribution in [1.82, 2.24) is 10.3 Å². The summed E-state index contributed by atoms with van der Waals surface area (Å²) in [5.74, 6) is -0.760. The summed E-state index contributed by atoms with van der Waals surface area (Å²) >= 11 is 0. The summed E-state index contributed by atoms with van der Waals surface area (Å²) in [5.41, 5.74) is 6.59. The van der Waals surface area contributed by atoms with Gasteiger partial charge in [-0.1, -0.05) is 67.6 Å². The number of rotatable bonds is 9. The van der Waals surface area contributed by atoms with Crippen molar-refractivity contribution in [3.8, 4) is 22.4 Å². The largest absolute Gasteiger partial charge is 0.481 e. The van der Waals surface area contributed by atoms with Crippen LogP contribution in [0, 0.1) is 0 Å². The van der Waals surface area contributed by atoms with Crippen LogP contribution in [0.3, 0.4) is 0 Å². The van der Waals surface area contributed by atoms with Gasteiger partial charge in [-0.2, -0.15) is 0 Å². The molecule has 0 aliphatic heterocycles. The lowest BCUT2D eigenvalue weighted by Gasteiger charge is -2.13. The predicted molar refractivity (Wildman–Crippen MR) is 113 cm³/mol. The minimum atomic E-state index is -0.760. The van der Waals surface area contributed by atoms with E-state index in [1.165, 1.54) is 5.56 Å². The minimum Gasteiger partial charge on any atom is -0.481 e. The van der Waals surface area contributed by atoms with Crippen molar-refractivity contribution in [3.05, 3.63) is 78.0 Å². The first-order chi connectivity index (χ1) is 13.7. The fourth-order valence-corrected chi connectivity index (χ4v) is 3.15. The molecule has 0 fully saturated rings. The number of hydrogen-bond donors (Lipinski definition) is 2. The van der Waals surface area contributed by atoms with Crippen molar-refractivity contribution in [2.24, 2.45) is 0 Å². The Morgan fingerprint density at radius 3 is 2.39 bits per heavy atom. The third-order valence-electron chi connectivity index (χ3n) is 4.72. The van der Waals surface area contributed by atoms with Crippen molar-refractivity contribution in [2.75, 3.05) is 6.54 Å². The van der Waals surface area contributed by atoms with Gasteiger partial charge in [0, 0.05) is 24.1 Å². The fraction of sp³-hybridized carbons (Fsp3) is 0.250. The third kappa shape index (κ3) is 5.27. The zero-order valence-corrected chi connectivity index (χ0v) is 16.2. The first-order valence-electron chi connectivity index (χ1n) is 9.74. The maximum atomic E-state index is 10.6. The average Bonchev–Trinajstić information content (AvgIpc) is 2.74. The number of hydrogen-bond acceptors (Lipinski definition) is 3. The van der Waals surface area contributed by atoms with Crippen LogP contribution in [0.1, 0.15) is 31.0 Å². The molecule has 0 radical (unpaired) electrons. The SMILES string of the molecule is CCc1ccc(-c2ccc(CNCCCC(=O)O)nc2-c2ccccc2)cc1. The number of pyridine rings is 1. The Labute approximate surface area is 166 Å². The lowest BCUT2D eigenvalue weighted by Crippen LogP contribution is -2.16. The van der Waals surface area contributed by atoms with Gasteiger partial charge in [-0.05, 0) is 36.6 Å². The van der Waals surface area contributed by atoms with Gasteiger partial charge in [-0.15, -0.1) is 0 Å². The van der Waals surface area contributed by atoms with E-state index < -0.39 is 5.97 Å². The number of carbonyl (C=O) groups is 1. The zero-order valence-electron chi connectivity index (χ0n) is 16.2. The molecule has 0 saturated carbocycles. The number of benzene rings is 2. The second-order valence-electron chi connectivity index (χ2n) is 6.79. The molecule has 3 rings (SSSR count). The van der Waals surface area contributed by atoms with Gasteiger partial charge in [0.15, 0.2) is 0 Å². The fourth-order valence-electron chi connectivity index (χ4n) is 3.15. The predicted octanol–water partition coefficient (Wildman–Crippen LogP) is 4.93. The number of carboxylic acid groups (broad SMARTS) is 1. The average molecular weight is 374 g/mol. The van der Waals surface area contributed by atoms with Crippen molar-refractivity contribution >= 4 is 5.97 Å². The number of carboxylic acids is 1. The summed E-state index contributed by atoms with van der Waals surface area (Å²) in [6.07, 6.45) is 1.82. The highest BCUT2D eigenvalue weighted by Crippen LogP contribution is 2.31. The van der Waals surface area contributed by atoms with E-state index in [0.717, 1.165) is 34.5 Å². The van der Waals surface area contributed by atoms with E-state index in [2.05, 4.69) is 54.7 Å². The van der Waals surface area contributed by atoms with E-state index in [9.17, 15) is 4.79 Å². The molecule has 0 bridgehead atoms. The van der Waals surface area contributed by atoms with E-state index in [1.807, 2.05) is 24.3 Å². The molecule has 144 valence electrons. The molecule has 3 aromatic rings. The first kappa shape index (κ1) is 19.8. The van der Waals surface area contributed by atoms with Gasteiger partial charge in [-0.25, -0.2) is 0 Å². The van der Waals surface area contributed by atoms with Crippen LogP contribution in [-0.4, -0.2) is 22.6 Å². The number of nitrogens with zero attached hydrogens (tertiary/aromatic N) is 1. The number of nitrogens with one attached hydrogen (secondary N) is 1. The summed E-state index contributed by atoms with van der Waals surface area (Å²) in [7, 11) is 0. The van der Waals surface area contributed by atoms with E-state index in [1.54, 1.807) is 0 Å². The molecule has 1 aromatic heterocycles. The molecular formula is C24H26N2O2. The summed E-state index contributed by atoms with van der Waals surface area (Å²) in [5, 5.41) is 12.0. The first-order valence-corrected chi connectivity index (χ1v) is 9.74. The molecule has 4 heteroatoms. The van der Waals surface area contributed by atoms with Crippen molar-refractivity contribution in [2.45, 2.75) is 32.7 Å².